The molecule has 0 atom stereocenters. The number of carbonyl (C=O) groups excluding carboxylic acids is 2. The summed E-state index contributed by atoms with van der Waals surface area (Å²) in [4.78, 5) is 41.0. The van der Waals surface area contributed by atoms with E-state index in [0.717, 1.165) is 6.07 Å². The van der Waals surface area contributed by atoms with Crippen molar-refractivity contribution >= 4 is 91.4 Å². The summed E-state index contributed by atoms with van der Waals surface area (Å²) >= 11 is 0. The minimum atomic E-state index is -1.30. The average Bonchev–Trinajstić information content (AvgIpc) is 3.79. The molecule has 2 amide bonds. The summed E-state index contributed by atoms with van der Waals surface area (Å²) in [6.07, 6.45) is 1.92. The number of nitrogens with zero attached hydrogens (tertiary/aromatic N) is 1. The van der Waals surface area contributed by atoms with Crippen LogP contribution in [-0.4, -0.2) is 92.5 Å². The third-order valence-electron chi connectivity index (χ3n) is 6.77. The van der Waals surface area contributed by atoms with Gasteiger partial charge in [0.25, 0.3) is 0 Å². The van der Waals surface area contributed by atoms with Crippen molar-refractivity contribution in [3.8, 4) is 23.0 Å². The Kier molecular flexibility index (Phi) is 10.9. The van der Waals surface area contributed by atoms with Gasteiger partial charge in [0.15, 0.2) is 23.1 Å². The summed E-state index contributed by atoms with van der Waals surface area (Å²) in [5.74, 6) is -2.52. The Balaban J connectivity index is 0.00000442. The number of carboxylic acid groups (broad SMARTS) is 1. The van der Waals surface area contributed by atoms with Crippen LogP contribution in [0, 0.1) is 17.0 Å². The van der Waals surface area contributed by atoms with Crippen LogP contribution in [0.3, 0.4) is 0 Å². The molecule has 0 spiro atoms. The molecule has 4 aromatic rings. The number of rotatable bonds is 12. The average molecular weight is 632 g/mol. The predicted octanol–water partition coefficient (Wildman–Crippen LogP) is 5.27. The standard InChI is InChI=1S/C31H27F2N3O7.K.H/c1-2-41-26-16-21-23(17-27(26)42-14-10-28(37)38)34-13-9-24(21)43-25-8-7-20(15-22(25)33)36-30(40)31(11-12-31)29(39)35-19-5-3-18(32)4-6-19;;/h3-9,13,15-17H,2,10-12,14H2,1H3,(H,35,39)(H,36,40)(H,37,38);;. The zero-order valence-electron chi connectivity index (χ0n) is 23.0. The Morgan fingerprint density at radius 2 is 1.52 bits per heavy atom. The van der Waals surface area contributed by atoms with E-state index in [2.05, 4.69) is 15.6 Å². The van der Waals surface area contributed by atoms with Gasteiger partial charge in [-0.2, -0.15) is 0 Å². The summed E-state index contributed by atoms with van der Waals surface area (Å²) in [5, 5.41) is 14.6. The van der Waals surface area contributed by atoms with Gasteiger partial charge in [-0.05, 0) is 68.3 Å². The molecule has 3 aromatic carbocycles. The fourth-order valence-corrected chi connectivity index (χ4v) is 4.34. The quantitative estimate of drug-likeness (QED) is 0.142. The molecule has 1 heterocycles. The third kappa shape index (κ3) is 7.71. The molecule has 0 unspecified atom stereocenters. The number of fused-ring (bicyclic) bond motifs is 1. The molecule has 1 aromatic heterocycles. The second-order valence-electron chi connectivity index (χ2n) is 9.79. The molecule has 10 nitrogen and oxygen atoms in total. The van der Waals surface area contributed by atoms with E-state index in [1.165, 1.54) is 42.6 Å². The van der Waals surface area contributed by atoms with Gasteiger partial charge < -0.3 is 30.0 Å². The van der Waals surface area contributed by atoms with Gasteiger partial charge in [-0.3, -0.25) is 19.4 Å². The topological polar surface area (TPSA) is 136 Å². The van der Waals surface area contributed by atoms with Gasteiger partial charge in [0.2, 0.25) is 11.8 Å². The van der Waals surface area contributed by atoms with Gasteiger partial charge in [-0.1, -0.05) is 0 Å². The maximum absolute atomic E-state index is 15.2. The van der Waals surface area contributed by atoms with Crippen molar-refractivity contribution in [3.63, 3.8) is 0 Å². The van der Waals surface area contributed by atoms with Crippen molar-refractivity contribution in [1.29, 1.82) is 0 Å². The van der Waals surface area contributed by atoms with Crippen LogP contribution < -0.4 is 24.8 Å². The maximum atomic E-state index is 15.2. The van der Waals surface area contributed by atoms with E-state index < -0.39 is 34.8 Å². The van der Waals surface area contributed by atoms with Gasteiger partial charge >= 0.3 is 57.4 Å². The van der Waals surface area contributed by atoms with Crippen molar-refractivity contribution in [3.05, 3.63) is 78.5 Å². The molecule has 1 saturated carbocycles. The van der Waals surface area contributed by atoms with Crippen molar-refractivity contribution < 1.29 is 42.5 Å². The zero-order chi connectivity index (χ0) is 30.6. The first-order chi connectivity index (χ1) is 20.7. The first-order valence-electron chi connectivity index (χ1n) is 13.4. The molecule has 0 radical (unpaired) electrons. The molecule has 0 bridgehead atoms. The van der Waals surface area contributed by atoms with E-state index in [9.17, 15) is 18.8 Å². The number of halogens is 2. The van der Waals surface area contributed by atoms with E-state index in [1.54, 1.807) is 25.1 Å². The fraction of sp³-hybridized carbons (Fsp3) is 0.226. The molecule has 3 N–H and O–H groups in total. The number of benzene rings is 3. The molecular formula is C31H28F2KN3O7. The van der Waals surface area contributed by atoms with E-state index in [1.807, 2.05) is 0 Å². The summed E-state index contributed by atoms with van der Waals surface area (Å²) in [6.45, 7) is 2.03. The molecule has 0 aliphatic heterocycles. The summed E-state index contributed by atoms with van der Waals surface area (Å²) in [6, 6.07) is 13.8. The molecule has 44 heavy (non-hydrogen) atoms. The first kappa shape index (κ1) is 33.3. The van der Waals surface area contributed by atoms with Crippen molar-refractivity contribution in [2.45, 2.75) is 26.2 Å². The van der Waals surface area contributed by atoms with Gasteiger partial charge in [0.1, 0.15) is 17.0 Å². The number of ether oxygens (including phenoxy) is 3. The summed E-state index contributed by atoms with van der Waals surface area (Å²) in [7, 11) is 0. The van der Waals surface area contributed by atoms with Crippen LogP contribution in [-0.2, 0) is 14.4 Å². The Labute approximate surface area is 293 Å². The Morgan fingerprint density at radius 1 is 0.864 bits per heavy atom. The van der Waals surface area contributed by atoms with Gasteiger partial charge in [0, 0.05) is 35.1 Å². The number of hydrogen-bond donors (Lipinski definition) is 3. The van der Waals surface area contributed by atoms with Crippen LogP contribution in [0.4, 0.5) is 20.2 Å². The van der Waals surface area contributed by atoms with Crippen LogP contribution >= 0.6 is 0 Å². The molecule has 1 aliphatic carbocycles. The first-order valence-corrected chi connectivity index (χ1v) is 13.4. The van der Waals surface area contributed by atoms with Crippen LogP contribution in [0.2, 0.25) is 0 Å². The Morgan fingerprint density at radius 3 is 2.16 bits per heavy atom. The molecule has 13 heteroatoms. The number of aromatic nitrogens is 1. The molecule has 5 rings (SSSR count). The Bertz CT molecular complexity index is 1700. The van der Waals surface area contributed by atoms with Crippen LogP contribution in [0.15, 0.2) is 66.9 Å². The minimum absolute atomic E-state index is 0. The number of carbonyl (C=O) groups is 3. The van der Waals surface area contributed by atoms with E-state index >= 15 is 4.39 Å². The molecule has 224 valence electrons. The third-order valence-corrected chi connectivity index (χ3v) is 6.77. The predicted molar refractivity (Wildman–Crippen MR) is 160 cm³/mol. The van der Waals surface area contributed by atoms with E-state index in [-0.39, 0.29) is 81.6 Å². The second-order valence-corrected chi connectivity index (χ2v) is 9.79. The van der Waals surface area contributed by atoms with Crippen molar-refractivity contribution in [2.24, 2.45) is 5.41 Å². The van der Waals surface area contributed by atoms with Crippen LogP contribution in [0.25, 0.3) is 10.9 Å². The van der Waals surface area contributed by atoms with Crippen molar-refractivity contribution in [2.75, 3.05) is 23.8 Å². The molecular weight excluding hydrogens is 603 g/mol. The molecule has 1 fully saturated rings. The zero-order valence-corrected chi connectivity index (χ0v) is 23.0. The monoisotopic (exact) mass is 631 g/mol. The number of nitrogens with one attached hydrogen (secondary N) is 2. The Hall–Kier alpha value is -3.62. The van der Waals surface area contributed by atoms with Gasteiger partial charge in [0.05, 0.1) is 25.2 Å². The fourth-order valence-electron chi connectivity index (χ4n) is 4.34. The normalized spacial score (nSPS) is 12.9. The van der Waals surface area contributed by atoms with Crippen molar-refractivity contribution in [1.82, 2.24) is 4.98 Å². The van der Waals surface area contributed by atoms with E-state index in [0.29, 0.717) is 47.5 Å². The van der Waals surface area contributed by atoms with Gasteiger partial charge in [-0.25, -0.2) is 8.78 Å². The second kappa shape index (κ2) is 14.4. The number of amides is 2. The number of carboxylic acids is 1. The number of pyridine rings is 1. The summed E-state index contributed by atoms with van der Waals surface area (Å²) in [5.41, 5.74) is -0.358. The number of hydrogen-bond acceptors (Lipinski definition) is 7. The SMILES string of the molecule is CCOc1cc2c(Oc3ccc(NC(=O)C4(C(=O)Nc5ccc(F)cc5)CC4)cc3F)ccnc2cc1OCCC(=O)O.[KH]. The number of aliphatic carboxylic acids is 1. The number of anilines is 2. The summed E-state index contributed by atoms with van der Waals surface area (Å²) < 4.78 is 45.4. The van der Waals surface area contributed by atoms with Crippen LogP contribution in [0.5, 0.6) is 23.0 Å². The molecule has 1 aliphatic rings. The van der Waals surface area contributed by atoms with Crippen LogP contribution in [0.1, 0.15) is 26.2 Å². The molecule has 0 saturated heterocycles. The van der Waals surface area contributed by atoms with Gasteiger partial charge in [-0.15, -0.1) is 0 Å². The van der Waals surface area contributed by atoms with E-state index in [4.69, 9.17) is 19.3 Å².